The van der Waals surface area contributed by atoms with Gasteiger partial charge in [-0.2, -0.15) is 16.9 Å². The van der Waals surface area contributed by atoms with E-state index in [2.05, 4.69) is 33.9 Å². The zero-order valence-corrected chi connectivity index (χ0v) is 10.1. The quantitative estimate of drug-likeness (QED) is 0.806. The van der Waals surface area contributed by atoms with Crippen LogP contribution in [0.2, 0.25) is 0 Å². The van der Waals surface area contributed by atoms with Crippen molar-refractivity contribution in [3.05, 3.63) is 30.5 Å². The van der Waals surface area contributed by atoms with Gasteiger partial charge in [0.05, 0.1) is 6.20 Å². The van der Waals surface area contributed by atoms with E-state index in [0.29, 0.717) is 0 Å². The fourth-order valence-electron chi connectivity index (χ4n) is 1.58. The Balaban J connectivity index is 2.11. The van der Waals surface area contributed by atoms with Gasteiger partial charge in [0.15, 0.2) is 5.82 Å². The van der Waals surface area contributed by atoms with Gasteiger partial charge in [-0.3, -0.25) is 0 Å². The number of anilines is 1. The van der Waals surface area contributed by atoms with Crippen LogP contribution in [0.5, 0.6) is 0 Å². The summed E-state index contributed by atoms with van der Waals surface area (Å²) >= 11 is 1.86. The van der Waals surface area contributed by atoms with E-state index >= 15 is 0 Å². The standard InChI is InChI=1S/C12H15N3S/c1-16-8-4-7-13-12-11-6-3-2-5-10(11)9-14-15-12/h2-3,5-6,9H,4,7-8H2,1H3,(H,13,15). The molecule has 2 rings (SSSR count). The molecule has 1 heterocycles. The van der Waals surface area contributed by atoms with E-state index < -0.39 is 0 Å². The summed E-state index contributed by atoms with van der Waals surface area (Å²) < 4.78 is 0. The molecule has 0 atom stereocenters. The molecule has 1 aromatic heterocycles. The fourth-order valence-corrected chi connectivity index (χ4v) is 2.01. The molecule has 1 N–H and O–H groups in total. The van der Waals surface area contributed by atoms with Crippen molar-refractivity contribution in [1.82, 2.24) is 10.2 Å². The van der Waals surface area contributed by atoms with Crippen molar-refractivity contribution >= 4 is 28.4 Å². The number of hydrogen-bond donors (Lipinski definition) is 1. The minimum absolute atomic E-state index is 0.888. The van der Waals surface area contributed by atoms with Crippen molar-refractivity contribution in [3.8, 4) is 0 Å². The number of fused-ring (bicyclic) bond motifs is 1. The van der Waals surface area contributed by atoms with E-state index in [1.807, 2.05) is 23.9 Å². The third-order valence-electron chi connectivity index (χ3n) is 2.39. The van der Waals surface area contributed by atoms with E-state index in [4.69, 9.17) is 0 Å². The van der Waals surface area contributed by atoms with Crippen molar-refractivity contribution in [3.63, 3.8) is 0 Å². The summed E-state index contributed by atoms with van der Waals surface area (Å²) in [6, 6.07) is 8.16. The zero-order valence-electron chi connectivity index (χ0n) is 9.31. The first-order valence-electron chi connectivity index (χ1n) is 5.35. The molecule has 2 aromatic rings. The summed E-state index contributed by atoms with van der Waals surface area (Å²) in [6.45, 7) is 0.948. The molecular formula is C12H15N3S. The Morgan fingerprint density at radius 3 is 3.06 bits per heavy atom. The van der Waals surface area contributed by atoms with Gasteiger partial charge in [0.25, 0.3) is 0 Å². The molecule has 0 unspecified atom stereocenters. The second-order valence-corrected chi connectivity index (χ2v) is 4.54. The first-order chi connectivity index (χ1) is 7.92. The maximum atomic E-state index is 4.14. The van der Waals surface area contributed by atoms with E-state index in [9.17, 15) is 0 Å². The van der Waals surface area contributed by atoms with Gasteiger partial charge in [0, 0.05) is 17.3 Å². The van der Waals surface area contributed by atoms with Crippen LogP contribution >= 0.6 is 11.8 Å². The van der Waals surface area contributed by atoms with E-state index in [0.717, 1.165) is 29.6 Å². The molecule has 0 saturated carbocycles. The Hall–Kier alpha value is -1.29. The second-order valence-electron chi connectivity index (χ2n) is 3.55. The summed E-state index contributed by atoms with van der Waals surface area (Å²) in [5.74, 6) is 2.06. The third-order valence-corrected chi connectivity index (χ3v) is 3.09. The SMILES string of the molecule is CSCCCNc1nncc2ccccc12. The molecule has 0 saturated heterocycles. The van der Waals surface area contributed by atoms with Crippen LogP contribution in [0, 0.1) is 0 Å². The van der Waals surface area contributed by atoms with Crippen LogP contribution < -0.4 is 5.32 Å². The van der Waals surface area contributed by atoms with Gasteiger partial charge in [-0.15, -0.1) is 5.10 Å². The van der Waals surface area contributed by atoms with Crippen LogP contribution in [-0.2, 0) is 0 Å². The molecule has 0 bridgehead atoms. The first-order valence-corrected chi connectivity index (χ1v) is 6.74. The first kappa shape index (κ1) is 11.2. The topological polar surface area (TPSA) is 37.8 Å². The lowest BCUT2D eigenvalue weighted by Gasteiger charge is -2.06. The van der Waals surface area contributed by atoms with Crippen molar-refractivity contribution in [2.45, 2.75) is 6.42 Å². The molecule has 0 radical (unpaired) electrons. The lowest BCUT2D eigenvalue weighted by atomic mass is 10.2. The summed E-state index contributed by atoms with van der Waals surface area (Å²) in [7, 11) is 0. The van der Waals surface area contributed by atoms with Crippen molar-refractivity contribution < 1.29 is 0 Å². The maximum absolute atomic E-state index is 4.14. The number of thioether (sulfide) groups is 1. The summed E-state index contributed by atoms with van der Waals surface area (Å²) in [5, 5.41) is 13.7. The number of benzene rings is 1. The van der Waals surface area contributed by atoms with Gasteiger partial charge in [0.1, 0.15) is 0 Å². The smallest absolute Gasteiger partial charge is 0.156 e. The van der Waals surface area contributed by atoms with Gasteiger partial charge in [-0.25, -0.2) is 0 Å². The van der Waals surface area contributed by atoms with E-state index in [1.165, 1.54) is 5.75 Å². The zero-order chi connectivity index (χ0) is 11.2. The highest BCUT2D eigenvalue weighted by atomic mass is 32.2. The van der Waals surface area contributed by atoms with Gasteiger partial charge in [0.2, 0.25) is 0 Å². The Bertz CT molecular complexity index is 453. The number of rotatable bonds is 5. The van der Waals surface area contributed by atoms with Crippen LogP contribution in [0.15, 0.2) is 30.5 Å². The molecule has 1 aromatic carbocycles. The number of nitrogens with one attached hydrogen (secondary N) is 1. The lowest BCUT2D eigenvalue weighted by molar-refractivity contribution is 0.960. The molecule has 84 valence electrons. The Kier molecular flexibility index (Phi) is 3.99. The minimum atomic E-state index is 0.888. The van der Waals surface area contributed by atoms with Gasteiger partial charge in [-0.05, 0) is 18.4 Å². The molecule has 0 aliphatic heterocycles. The van der Waals surface area contributed by atoms with Crippen molar-refractivity contribution in [1.29, 1.82) is 0 Å². The molecular weight excluding hydrogens is 218 g/mol. The molecule has 4 heteroatoms. The van der Waals surface area contributed by atoms with Crippen molar-refractivity contribution in [2.24, 2.45) is 0 Å². The molecule has 0 spiro atoms. The fraction of sp³-hybridized carbons (Fsp3) is 0.333. The van der Waals surface area contributed by atoms with Crippen LogP contribution in [0.25, 0.3) is 10.8 Å². The largest absolute Gasteiger partial charge is 0.368 e. The van der Waals surface area contributed by atoms with Crippen LogP contribution in [-0.4, -0.2) is 28.8 Å². The van der Waals surface area contributed by atoms with Gasteiger partial charge < -0.3 is 5.32 Å². The normalized spacial score (nSPS) is 10.6. The predicted molar refractivity (Wildman–Crippen MR) is 71.0 cm³/mol. The summed E-state index contributed by atoms with van der Waals surface area (Å²) in [4.78, 5) is 0. The van der Waals surface area contributed by atoms with Crippen LogP contribution in [0.3, 0.4) is 0 Å². The van der Waals surface area contributed by atoms with Crippen LogP contribution in [0.4, 0.5) is 5.82 Å². The molecule has 0 fully saturated rings. The average Bonchev–Trinajstić information content (AvgIpc) is 2.35. The molecule has 0 aliphatic rings. The van der Waals surface area contributed by atoms with E-state index in [1.54, 1.807) is 6.20 Å². The Morgan fingerprint density at radius 1 is 1.31 bits per heavy atom. The highest BCUT2D eigenvalue weighted by Gasteiger charge is 2.01. The third kappa shape index (κ3) is 2.64. The predicted octanol–water partition coefficient (Wildman–Crippen LogP) is 2.79. The van der Waals surface area contributed by atoms with Gasteiger partial charge in [-0.1, -0.05) is 24.3 Å². The molecule has 0 amide bonds. The molecule has 3 nitrogen and oxygen atoms in total. The summed E-state index contributed by atoms with van der Waals surface area (Å²) in [6.07, 6.45) is 5.06. The Labute approximate surface area is 99.7 Å². The second kappa shape index (κ2) is 5.70. The van der Waals surface area contributed by atoms with Crippen molar-refractivity contribution in [2.75, 3.05) is 23.9 Å². The maximum Gasteiger partial charge on any atom is 0.156 e. The monoisotopic (exact) mass is 233 g/mol. The number of nitrogens with zero attached hydrogens (tertiary/aromatic N) is 2. The van der Waals surface area contributed by atoms with E-state index in [-0.39, 0.29) is 0 Å². The highest BCUT2D eigenvalue weighted by Crippen LogP contribution is 2.18. The Morgan fingerprint density at radius 2 is 2.19 bits per heavy atom. The molecule has 0 aliphatic carbocycles. The minimum Gasteiger partial charge on any atom is -0.368 e. The average molecular weight is 233 g/mol. The van der Waals surface area contributed by atoms with Crippen LogP contribution in [0.1, 0.15) is 6.42 Å². The van der Waals surface area contributed by atoms with Gasteiger partial charge >= 0.3 is 0 Å². The number of hydrogen-bond acceptors (Lipinski definition) is 4. The molecule has 16 heavy (non-hydrogen) atoms. The number of aromatic nitrogens is 2. The summed E-state index contributed by atoms with van der Waals surface area (Å²) in [5.41, 5.74) is 0. The highest BCUT2D eigenvalue weighted by molar-refractivity contribution is 7.98. The lowest BCUT2D eigenvalue weighted by Crippen LogP contribution is -2.05.